The highest BCUT2D eigenvalue weighted by molar-refractivity contribution is 5.77. The average molecular weight is 261 g/mol. The van der Waals surface area contributed by atoms with Crippen LogP contribution in [0.3, 0.4) is 0 Å². The molecule has 0 aliphatic rings. The van der Waals surface area contributed by atoms with Crippen LogP contribution in [0.15, 0.2) is 6.20 Å². The number of alkyl halides is 2. The number of carbonyl (C=O) groups is 1. The van der Waals surface area contributed by atoms with E-state index in [9.17, 15) is 23.7 Å². The molecule has 2 N–H and O–H groups in total. The van der Waals surface area contributed by atoms with Gasteiger partial charge >= 0.3 is 5.97 Å². The van der Waals surface area contributed by atoms with Gasteiger partial charge in [0.25, 0.3) is 12.1 Å². The van der Waals surface area contributed by atoms with Crippen LogP contribution in [0.25, 0.3) is 0 Å². The van der Waals surface area contributed by atoms with Crippen molar-refractivity contribution in [2.24, 2.45) is 0 Å². The first-order valence-electron chi connectivity index (χ1n) is 4.65. The summed E-state index contributed by atoms with van der Waals surface area (Å²) in [5, 5.41) is 10.7. The summed E-state index contributed by atoms with van der Waals surface area (Å²) in [6.07, 6.45) is -2.90. The summed E-state index contributed by atoms with van der Waals surface area (Å²) in [7, 11) is 1.07. The van der Waals surface area contributed by atoms with Crippen LogP contribution in [0.4, 0.5) is 20.2 Å². The van der Waals surface area contributed by atoms with Crippen molar-refractivity contribution in [3.8, 4) is 0 Å². The molecule has 9 heteroatoms. The zero-order valence-corrected chi connectivity index (χ0v) is 9.22. The predicted molar refractivity (Wildman–Crippen MR) is 56.0 cm³/mol. The van der Waals surface area contributed by atoms with Crippen molar-refractivity contribution in [2.45, 2.75) is 12.8 Å². The third-order valence-electron chi connectivity index (χ3n) is 2.19. The van der Waals surface area contributed by atoms with Crippen molar-refractivity contribution in [1.29, 1.82) is 0 Å². The highest BCUT2D eigenvalue weighted by Gasteiger charge is 2.26. The molecule has 0 saturated heterocycles. The Hall–Kier alpha value is -2.32. The number of pyridine rings is 1. The van der Waals surface area contributed by atoms with Crippen molar-refractivity contribution in [3.05, 3.63) is 27.6 Å². The molecule has 0 atom stereocenters. The zero-order valence-electron chi connectivity index (χ0n) is 9.22. The first-order valence-corrected chi connectivity index (χ1v) is 4.65. The summed E-state index contributed by atoms with van der Waals surface area (Å²) >= 11 is 0. The first-order chi connectivity index (χ1) is 8.38. The van der Waals surface area contributed by atoms with Gasteiger partial charge in [-0.05, 0) is 0 Å². The van der Waals surface area contributed by atoms with Crippen molar-refractivity contribution in [2.75, 3.05) is 12.8 Å². The van der Waals surface area contributed by atoms with Crippen LogP contribution in [0.5, 0.6) is 0 Å². The summed E-state index contributed by atoms with van der Waals surface area (Å²) in [5.74, 6) is -0.823. The fourth-order valence-electron chi connectivity index (χ4n) is 1.30. The van der Waals surface area contributed by atoms with Crippen molar-refractivity contribution in [3.63, 3.8) is 0 Å². The topological polar surface area (TPSA) is 108 Å². The fourth-order valence-corrected chi connectivity index (χ4v) is 1.30. The highest BCUT2D eigenvalue weighted by Crippen LogP contribution is 2.31. The molecule has 98 valence electrons. The number of hydrogen-bond acceptors (Lipinski definition) is 6. The Labute approximate surface area is 99.7 Å². The lowest BCUT2D eigenvalue weighted by Crippen LogP contribution is -2.12. The SMILES string of the molecule is COC(=O)Cc1c([N+](=O)[O-])cnc(C(F)F)c1N. The molecule has 0 aliphatic carbocycles. The second-order valence-electron chi connectivity index (χ2n) is 3.23. The van der Waals surface area contributed by atoms with Crippen molar-refractivity contribution < 1.29 is 23.2 Å². The Morgan fingerprint density at radius 3 is 2.72 bits per heavy atom. The molecule has 0 bridgehead atoms. The van der Waals surface area contributed by atoms with E-state index >= 15 is 0 Å². The van der Waals surface area contributed by atoms with Crippen LogP contribution >= 0.6 is 0 Å². The van der Waals surface area contributed by atoms with Gasteiger partial charge in [-0.15, -0.1) is 0 Å². The number of halogens is 2. The van der Waals surface area contributed by atoms with E-state index in [1.54, 1.807) is 0 Å². The molecule has 18 heavy (non-hydrogen) atoms. The van der Waals surface area contributed by atoms with E-state index in [1.165, 1.54) is 0 Å². The van der Waals surface area contributed by atoms with Crippen molar-refractivity contribution >= 4 is 17.3 Å². The van der Waals surface area contributed by atoms with E-state index in [0.29, 0.717) is 6.20 Å². The maximum absolute atomic E-state index is 12.5. The summed E-state index contributed by atoms with van der Waals surface area (Å²) in [6.45, 7) is 0. The molecular formula is C9H9F2N3O4. The first kappa shape index (κ1) is 13.7. The molecule has 1 aromatic rings. The highest BCUT2D eigenvalue weighted by atomic mass is 19.3. The van der Waals surface area contributed by atoms with Gasteiger partial charge in [-0.25, -0.2) is 13.8 Å². The molecule has 0 unspecified atom stereocenters. The summed E-state index contributed by atoms with van der Waals surface area (Å²) in [6, 6.07) is 0. The number of esters is 1. The quantitative estimate of drug-likeness (QED) is 0.496. The molecule has 1 aromatic heterocycles. The third kappa shape index (κ3) is 2.67. The second kappa shape index (κ2) is 5.34. The number of carbonyl (C=O) groups excluding carboxylic acids is 1. The number of hydrogen-bond donors (Lipinski definition) is 1. The standard InChI is InChI=1S/C9H9F2N3O4/c1-18-6(15)2-4-5(14(16)17)3-13-8(7(4)12)9(10)11/h3,9H,2,12H2,1H3. The summed E-state index contributed by atoms with van der Waals surface area (Å²) < 4.78 is 29.4. The van der Waals surface area contributed by atoms with Gasteiger partial charge < -0.3 is 10.5 Å². The Morgan fingerprint density at radius 2 is 2.28 bits per heavy atom. The molecule has 7 nitrogen and oxygen atoms in total. The lowest BCUT2D eigenvalue weighted by Gasteiger charge is -2.09. The molecule has 0 amide bonds. The van der Waals surface area contributed by atoms with Crippen LogP contribution in [0, 0.1) is 10.1 Å². The smallest absolute Gasteiger partial charge is 0.310 e. The maximum Gasteiger partial charge on any atom is 0.310 e. The number of methoxy groups -OCH3 is 1. The van der Waals surface area contributed by atoms with E-state index in [-0.39, 0.29) is 5.56 Å². The molecular weight excluding hydrogens is 252 g/mol. The van der Waals surface area contributed by atoms with Gasteiger partial charge in [0, 0.05) is 0 Å². The molecule has 0 aromatic carbocycles. The predicted octanol–water partition coefficient (Wildman–Crippen LogP) is 1.23. The van der Waals surface area contributed by atoms with Gasteiger partial charge in [-0.2, -0.15) is 0 Å². The molecule has 0 saturated carbocycles. The lowest BCUT2D eigenvalue weighted by molar-refractivity contribution is -0.385. The number of aromatic nitrogens is 1. The third-order valence-corrected chi connectivity index (χ3v) is 2.19. The number of nitro groups is 1. The van der Waals surface area contributed by atoms with Gasteiger partial charge in [-0.3, -0.25) is 14.9 Å². The number of nitrogen functional groups attached to an aromatic ring is 1. The van der Waals surface area contributed by atoms with Gasteiger partial charge in [0.15, 0.2) is 0 Å². The van der Waals surface area contributed by atoms with Crippen molar-refractivity contribution in [1.82, 2.24) is 4.98 Å². The van der Waals surface area contributed by atoms with Gasteiger partial charge in [0.1, 0.15) is 11.9 Å². The Morgan fingerprint density at radius 1 is 1.67 bits per heavy atom. The van der Waals surface area contributed by atoms with Crippen LogP contribution in [-0.4, -0.2) is 23.0 Å². The summed E-state index contributed by atoms with van der Waals surface area (Å²) in [5.41, 5.74) is 3.10. The Kier molecular flexibility index (Phi) is 4.08. The number of nitrogens with two attached hydrogens (primary N) is 1. The monoisotopic (exact) mass is 261 g/mol. The number of ether oxygens (including phenoxy) is 1. The molecule has 1 rings (SSSR count). The largest absolute Gasteiger partial charge is 0.469 e. The van der Waals surface area contributed by atoms with E-state index in [0.717, 1.165) is 7.11 Å². The van der Waals surface area contributed by atoms with Crippen LogP contribution in [0.2, 0.25) is 0 Å². The van der Waals surface area contributed by atoms with Crippen LogP contribution < -0.4 is 5.73 Å². The van der Waals surface area contributed by atoms with E-state index in [2.05, 4.69) is 9.72 Å². The molecule has 1 heterocycles. The molecule has 0 aliphatic heterocycles. The normalized spacial score (nSPS) is 10.4. The second-order valence-corrected chi connectivity index (χ2v) is 3.23. The Bertz CT molecular complexity index is 493. The molecule has 0 radical (unpaired) electrons. The number of rotatable bonds is 4. The number of nitrogens with zero attached hydrogens (tertiary/aromatic N) is 2. The average Bonchev–Trinajstić information content (AvgIpc) is 2.30. The fraction of sp³-hybridized carbons (Fsp3) is 0.333. The van der Waals surface area contributed by atoms with Crippen LogP contribution in [-0.2, 0) is 16.0 Å². The van der Waals surface area contributed by atoms with E-state index < -0.39 is 40.8 Å². The Balaban J connectivity index is 3.35. The zero-order chi connectivity index (χ0) is 13.9. The van der Waals surface area contributed by atoms with Gasteiger partial charge in [0.05, 0.1) is 29.7 Å². The van der Waals surface area contributed by atoms with E-state index in [4.69, 9.17) is 5.73 Å². The minimum Gasteiger partial charge on any atom is -0.469 e. The molecule has 0 fully saturated rings. The van der Waals surface area contributed by atoms with E-state index in [1.807, 2.05) is 0 Å². The van der Waals surface area contributed by atoms with Crippen LogP contribution in [0.1, 0.15) is 17.7 Å². The summed E-state index contributed by atoms with van der Waals surface area (Å²) in [4.78, 5) is 24.2. The molecule has 0 spiro atoms. The lowest BCUT2D eigenvalue weighted by atomic mass is 10.1. The minimum absolute atomic E-state index is 0.322. The van der Waals surface area contributed by atoms with Gasteiger partial charge in [-0.1, -0.05) is 0 Å². The maximum atomic E-state index is 12.5. The number of anilines is 1. The van der Waals surface area contributed by atoms with Gasteiger partial charge in [0.2, 0.25) is 0 Å². The minimum atomic E-state index is -2.98.